The summed E-state index contributed by atoms with van der Waals surface area (Å²) in [5, 5.41) is 5.11. The minimum atomic E-state index is -0.575. The molecule has 1 aromatic heterocycles. The Bertz CT molecular complexity index is 586. The molecule has 0 saturated heterocycles. The van der Waals surface area contributed by atoms with Crippen molar-refractivity contribution in [1.29, 1.82) is 0 Å². The van der Waals surface area contributed by atoms with E-state index in [0.717, 1.165) is 0 Å². The number of hydrogen-bond acceptors (Lipinski definition) is 4. The van der Waals surface area contributed by atoms with Crippen LogP contribution in [0.4, 0.5) is 5.13 Å². The summed E-state index contributed by atoms with van der Waals surface area (Å²) in [5.74, 6) is 0.481. The highest BCUT2D eigenvalue weighted by molar-refractivity contribution is 7.13. The van der Waals surface area contributed by atoms with Crippen molar-refractivity contribution in [2.45, 2.75) is 39.2 Å². The Morgan fingerprint density at radius 3 is 2.48 bits per heavy atom. The summed E-state index contributed by atoms with van der Waals surface area (Å²) in [6, 6.07) is 7.85. The monoisotopic (exact) mass is 304 g/mol. The van der Waals surface area contributed by atoms with Gasteiger partial charge in [0.1, 0.15) is 5.75 Å². The number of carbonyl (C=O) groups excluding carboxylic acids is 1. The quantitative estimate of drug-likeness (QED) is 0.933. The maximum atomic E-state index is 12.0. The van der Waals surface area contributed by atoms with Crippen molar-refractivity contribution in [2.24, 2.45) is 0 Å². The number of benzene rings is 1. The van der Waals surface area contributed by atoms with Gasteiger partial charge in [-0.3, -0.25) is 10.1 Å². The van der Waals surface area contributed by atoms with Crippen molar-refractivity contribution >= 4 is 22.4 Å². The van der Waals surface area contributed by atoms with Crippen molar-refractivity contribution in [3.05, 3.63) is 41.4 Å². The molecule has 0 aliphatic carbocycles. The number of hydrogen-bond donors (Lipinski definition) is 1. The zero-order valence-corrected chi connectivity index (χ0v) is 13.5. The second-order valence-electron chi connectivity index (χ2n) is 5.86. The fraction of sp³-hybridized carbons (Fsp3) is 0.375. The average molecular weight is 304 g/mol. The van der Waals surface area contributed by atoms with E-state index in [1.165, 1.54) is 16.9 Å². The molecule has 21 heavy (non-hydrogen) atoms. The molecular formula is C16H20N2O2S. The minimum absolute atomic E-state index is 0.104. The number of nitrogens with one attached hydrogen (secondary N) is 1. The van der Waals surface area contributed by atoms with Gasteiger partial charge in [-0.05, 0) is 30.0 Å². The van der Waals surface area contributed by atoms with Crippen LogP contribution in [0, 0.1) is 0 Å². The standard InChI is InChI=1S/C16H20N2O2S/c1-11(14(19)18-15-17-9-10-21-15)20-13-7-5-12(6-8-13)16(2,3)4/h5-11H,1-4H3,(H,17,18,19)/t11-/m1/s1. The van der Waals surface area contributed by atoms with Crippen molar-refractivity contribution in [3.63, 3.8) is 0 Å². The van der Waals surface area contributed by atoms with Crippen molar-refractivity contribution in [1.82, 2.24) is 4.98 Å². The molecule has 0 fully saturated rings. The molecule has 1 heterocycles. The summed E-state index contributed by atoms with van der Waals surface area (Å²) in [4.78, 5) is 16.0. The molecule has 0 radical (unpaired) electrons. The summed E-state index contributed by atoms with van der Waals surface area (Å²) in [5.41, 5.74) is 1.33. The van der Waals surface area contributed by atoms with Crippen LogP contribution in [0.3, 0.4) is 0 Å². The molecule has 1 aromatic carbocycles. The van der Waals surface area contributed by atoms with Gasteiger partial charge in [0.25, 0.3) is 5.91 Å². The van der Waals surface area contributed by atoms with Crippen LogP contribution in [0.1, 0.15) is 33.3 Å². The minimum Gasteiger partial charge on any atom is -0.481 e. The number of rotatable bonds is 4. The molecule has 0 spiro atoms. The van der Waals surface area contributed by atoms with Gasteiger partial charge in [-0.1, -0.05) is 32.9 Å². The second-order valence-corrected chi connectivity index (χ2v) is 6.76. The molecule has 2 rings (SSSR count). The summed E-state index contributed by atoms with van der Waals surface area (Å²) >= 11 is 1.38. The van der Waals surface area contributed by atoms with Crippen LogP contribution < -0.4 is 10.1 Å². The van der Waals surface area contributed by atoms with E-state index in [1.807, 2.05) is 29.6 Å². The Balaban J connectivity index is 1.96. The van der Waals surface area contributed by atoms with Crippen LogP contribution in [0.25, 0.3) is 0 Å². The summed E-state index contributed by atoms with van der Waals surface area (Å²) in [7, 11) is 0. The van der Waals surface area contributed by atoms with Crippen molar-refractivity contribution < 1.29 is 9.53 Å². The first-order valence-corrected chi connectivity index (χ1v) is 7.72. The molecule has 112 valence electrons. The topological polar surface area (TPSA) is 51.2 Å². The Morgan fingerprint density at radius 2 is 1.95 bits per heavy atom. The van der Waals surface area contributed by atoms with Gasteiger partial charge in [0.05, 0.1) is 0 Å². The number of anilines is 1. The van der Waals surface area contributed by atoms with Crippen LogP contribution in [0.5, 0.6) is 5.75 Å². The maximum Gasteiger partial charge on any atom is 0.266 e. The first kappa shape index (κ1) is 15.5. The van der Waals surface area contributed by atoms with E-state index < -0.39 is 6.10 Å². The summed E-state index contributed by atoms with van der Waals surface area (Å²) in [6.07, 6.45) is 1.08. The Morgan fingerprint density at radius 1 is 1.29 bits per heavy atom. The lowest BCUT2D eigenvalue weighted by atomic mass is 9.87. The molecule has 2 aromatic rings. The maximum absolute atomic E-state index is 12.0. The van der Waals surface area contributed by atoms with Gasteiger partial charge >= 0.3 is 0 Å². The molecule has 0 aliphatic heterocycles. The van der Waals surface area contributed by atoms with Crippen LogP contribution in [-0.2, 0) is 10.2 Å². The van der Waals surface area contributed by atoms with Crippen LogP contribution in [0.2, 0.25) is 0 Å². The molecule has 4 nitrogen and oxygen atoms in total. The number of ether oxygens (including phenoxy) is 1. The average Bonchev–Trinajstić information content (AvgIpc) is 2.91. The van der Waals surface area contributed by atoms with E-state index in [1.54, 1.807) is 13.1 Å². The summed E-state index contributed by atoms with van der Waals surface area (Å²) < 4.78 is 5.66. The first-order chi connectivity index (χ1) is 9.86. The Hall–Kier alpha value is -1.88. The molecule has 0 saturated carbocycles. The summed E-state index contributed by atoms with van der Waals surface area (Å²) in [6.45, 7) is 8.20. The SMILES string of the molecule is C[C@@H](Oc1ccc(C(C)(C)C)cc1)C(=O)Nc1nccs1. The zero-order chi connectivity index (χ0) is 15.5. The number of aromatic nitrogens is 1. The normalized spacial score (nSPS) is 12.8. The van der Waals surface area contributed by atoms with Gasteiger partial charge in [0.15, 0.2) is 11.2 Å². The molecule has 0 bridgehead atoms. The molecule has 0 aliphatic rings. The largest absolute Gasteiger partial charge is 0.481 e. The molecule has 1 atom stereocenters. The van der Waals surface area contributed by atoms with E-state index in [0.29, 0.717) is 10.9 Å². The number of thiazole rings is 1. The molecule has 0 unspecified atom stereocenters. The fourth-order valence-electron chi connectivity index (χ4n) is 1.78. The lowest BCUT2D eigenvalue weighted by Crippen LogP contribution is -2.30. The number of nitrogens with zero attached hydrogens (tertiary/aromatic N) is 1. The van der Waals surface area contributed by atoms with Crippen LogP contribution >= 0.6 is 11.3 Å². The lowest BCUT2D eigenvalue weighted by Gasteiger charge is -2.20. The van der Waals surface area contributed by atoms with Crippen molar-refractivity contribution in [3.8, 4) is 5.75 Å². The van der Waals surface area contributed by atoms with Gasteiger partial charge in [-0.15, -0.1) is 11.3 Å². The number of carbonyl (C=O) groups is 1. The smallest absolute Gasteiger partial charge is 0.266 e. The van der Waals surface area contributed by atoms with Gasteiger partial charge in [-0.25, -0.2) is 4.98 Å². The fourth-order valence-corrected chi connectivity index (χ4v) is 2.32. The third-order valence-corrected chi connectivity index (χ3v) is 3.75. The third-order valence-electron chi connectivity index (χ3n) is 3.06. The highest BCUT2D eigenvalue weighted by Crippen LogP contribution is 2.24. The lowest BCUT2D eigenvalue weighted by molar-refractivity contribution is -0.122. The first-order valence-electron chi connectivity index (χ1n) is 6.84. The Kier molecular flexibility index (Phi) is 4.63. The molecule has 5 heteroatoms. The van der Waals surface area contributed by atoms with Crippen LogP contribution in [-0.4, -0.2) is 17.0 Å². The van der Waals surface area contributed by atoms with E-state index in [9.17, 15) is 4.79 Å². The van der Waals surface area contributed by atoms with Crippen LogP contribution in [0.15, 0.2) is 35.8 Å². The Labute approximate surface area is 129 Å². The highest BCUT2D eigenvalue weighted by Gasteiger charge is 2.17. The van der Waals surface area contributed by atoms with E-state index in [4.69, 9.17) is 4.74 Å². The van der Waals surface area contributed by atoms with E-state index >= 15 is 0 Å². The zero-order valence-electron chi connectivity index (χ0n) is 12.7. The molecule has 1 amide bonds. The third kappa shape index (κ3) is 4.29. The van der Waals surface area contributed by atoms with E-state index in [-0.39, 0.29) is 11.3 Å². The predicted molar refractivity (Wildman–Crippen MR) is 86.0 cm³/mol. The second kappa shape index (κ2) is 6.26. The molecule has 1 N–H and O–H groups in total. The van der Waals surface area contributed by atoms with Gasteiger partial charge < -0.3 is 4.74 Å². The number of amides is 1. The van der Waals surface area contributed by atoms with Gasteiger partial charge in [0.2, 0.25) is 0 Å². The van der Waals surface area contributed by atoms with Gasteiger partial charge in [0, 0.05) is 11.6 Å². The van der Waals surface area contributed by atoms with Crippen molar-refractivity contribution in [2.75, 3.05) is 5.32 Å². The van der Waals surface area contributed by atoms with E-state index in [2.05, 4.69) is 31.1 Å². The predicted octanol–water partition coefficient (Wildman–Crippen LogP) is 3.85. The van der Waals surface area contributed by atoms with Gasteiger partial charge in [-0.2, -0.15) is 0 Å². The molecular weight excluding hydrogens is 284 g/mol. The highest BCUT2D eigenvalue weighted by atomic mass is 32.1.